The maximum atomic E-state index is 13.4. The van der Waals surface area contributed by atoms with Crippen LogP contribution >= 0.6 is 11.6 Å². The number of carbonyl (C=O) groups is 1. The molecule has 0 unspecified atom stereocenters. The van der Waals surface area contributed by atoms with Crippen LogP contribution in [0.15, 0.2) is 53.3 Å². The Hall–Kier alpha value is -2.90. The number of hydrogen-bond donors (Lipinski definition) is 3. The van der Waals surface area contributed by atoms with Crippen LogP contribution in [0.25, 0.3) is 10.9 Å². The molecule has 1 aromatic heterocycles. The summed E-state index contributed by atoms with van der Waals surface area (Å²) in [5, 5.41) is 15.5. The van der Waals surface area contributed by atoms with E-state index in [4.69, 9.17) is 21.7 Å². The van der Waals surface area contributed by atoms with Crippen LogP contribution in [0, 0.1) is 5.92 Å². The first-order valence-corrected chi connectivity index (χ1v) is 10.2. The smallest absolute Gasteiger partial charge is 0.404 e. The van der Waals surface area contributed by atoms with Crippen LogP contribution in [0.3, 0.4) is 0 Å². The Labute approximate surface area is 179 Å². The lowest BCUT2D eigenvalue weighted by atomic mass is 10.0. The third kappa shape index (κ3) is 5.17. The molecular weight excluding hydrogens is 404 g/mol. The molecule has 0 bridgehead atoms. The molecule has 0 fully saturated rings. The quantitative estimate of drug-likeness (QED) is 0.476. The molecule has 3 aromatic rings. The second-order valence-corrected chi connectivity index (χ2v) is 7.85. The topological polar surface area (TPSA) is 96.2 Å². The number of aromatic nitrogens is 2. The molecule has 0 aliphatic carbocycles. The largest absolute Gasteiger partial charge is 0.465 e. The Morgan fingerprint density at radius 3 is 2.57 bits per heavy atom. The third-order valence-electron chi connectivity index (χ3n) is 4.84. The molecular formula is C22H25ClN4O3. The summed E-state index contributed by atoms with van der Waals surface area (Å²) >= 11 is 6.14. The molecule has 3 rings (SSSR count). The van der Waals surface area contributed by atoms with E-state index in [0.29, 0.717) is 34.8 Å². The molecule has 1 amide bonds. The summed E-state index contributed by atoms with van der Waals surface area (Å²) < 4.78 is 1.69. The number of hydrogen-bond acceptors (Lipinski definition) is 4. The summed E-state index contributed by atoms with van der Waals surface area (Å²) in [7, 11) is 0. The van der Waals surface area contributed by atoms with Gasteiger partial charge < -0.3 is 15.7 Å². The van der Waals surface area contributed by atoms with Crippen LogP contribution in [0.1, 0.15) is 31.3 Å². The van der Waals surface area contributed by atoms with Gasteiger partial charge in [-0.05, 0) is 29.7 Å². The molecule has 8 heteroatoms. The van der Waals surface area contributed by atoms with Gasteiger partial charge in [-0.3, -0.25) is 9.36 Å². The minimum atomic E-state index is -1.07. The zero-order chi connectivity index (χ0) is 21.7. The summed E-state index contributed by atoms with van der Waals surface area (Å²) in [4.78, 5) is 28.9. The van der Waals surface area contributed by atoms with Gasteiger partial charge in [-0.25, -0.2) is 9.78 Å². The Morgan fingerprint density at radius 2 is 1.90 bits per heavy atom. The highest BCUT2D eigenvalue weighted by molar-refractivity contribution is 6.31. The van der Waals surface area contributed by atoms with E-state index >= 15 is 0 Å². The fourth-order valence-electron chi connectivity index (χ4n) is 3.39. The fraction of sp³-hybridized carbons (Fsp3) is 0.318. The van der Waals surface area contributed by atoms with E-state index < -0.39 is 6.09 Å². The lowest BCUT2D eigenvalue weighted by Gasteiger charge is -2.25. The van der Waals surface area contributed by atoms with Gasteiger partial charge in [0.15, 0.2) is 0 Å². The standard InChI is InChI=1S/C22H25ClN4O3/c1-14(2)19(24-10-11-25-22(29)30)20-26-18-12-16(23)8-9-17(18)21(28)27(20)13-15-6-4-3-5-7-15/h3-9,12,14,19,24-25H,10-11,13H2,1-2H3,(H,29,30)/t19-/m1/s1. The number of carboxylic acid groups (broad SMARTS) is 1. The first kappa shape index (κ1) is 21.8. The first-order valence-electron chi connectivity index (χ1n) is 9.81. The van der Waals surface area contributed by atoms with Crippen molar-refractivity contribution >= 4 is 28.6 Å². The van der Waals surface area contributed by atoms with Crippen molar-refractivity contribution in [3.8, 4) is 0 Å². The molecule has 0 radical (unpaired) electrons. The summed E-state index contributed by atoms with van der Waals surface area (Å²) in [5.41, 5.74) is 1.40. The van der Waals surface area contributed by atoms with Gasteiger partial charge in [0.05, 0.1) is 23.5 Å². The monoisotopic (exact) mass is 428 g/mol. The molecule has 0 aliphatic heterocycles. The normalized spacial score (nSPS) is 12.3. The van der Waals surface area contributed by atoms with Gasteiger partial charge in [-0.2, -0.15) is 0 Å². The summed E-state index contributed by atoms with van der Waals surface area (Å²) in [6.45, 7) is 5.11. The van der Waals surface area contributed by atoms with E-state index in [1.165, 1.54) is 0 Å². The van der Waals surface area contributed by atoms with Crippen molar-refractivity contribution < 1.29 is 9.90 Å². The van der Waals surface area contributed by atoms with E-state index in [0.717, 1.165) is 5.56 Å². The van der Waals surface area contributed by atoms with Crippen LogP contribution in [0.2, 0.25) is 5.02 Å². The van der Waals surface area contributed by atoms with E-state index in [9.17, 15) is 9.59 Å². The first-order chi connectivity index (χ1) is 14.4. The number of fused-ring (bicyclic) bond motifs is 1. The minimum Gasteiger partial charge on any atom is -0.465 e. The molecule has 30 heavy (non-hydrogen) atoms. The second kappa shape index (κ2) is 9.73. The summed E-state index contributed by atoms with van der Waals surface area (Å²) in [6, 6.07) is 14.6. The average Bonchev–Trinajstić information content (AvgIpc) is 2.70. The maximum absolute atomic E-state index is 13.4. The molecule has 1 heterocycles. The van der Waals surface area contributed by atoms with Crippen LogP contribution < -0.4 is 16.2 Å². The lowest BCUT2D eigenvalue weighted by Crippen LogP contribution is -2.38. The van der Waals surface area contributed by atoms with Crippen molar-refractivity contribution in [3.63, 3.8) is 0 Å². The molecule has 0 saturated carbocycles. The highest BCUT2D eigenvalue weighted by Crippen LogP contribution is 2.23. The minimum absolute atomic E-state index is 0.111. The molecule has 2 aromatic carbocycles. The SMILES string of the molecule is CC(C)[C@@H](NCCNC(=O)O)c1nc2cc(Cl)ccc2c(=O)n1Cc1ccccc1. The van der Waals surface area contributed by atoms with Gasteiger partial charge in [-0.1, -0.05) is 55.8 Å². The van der Waals surface area contributed by atoms with Gasteiger partial charge in [0, 0.05) is 18.1 Å². The van der Waals surface area contributed by atoms with Crippen LogP contribution in [-0.2, 0) is 6.54 Å². The van der Waals surface area contributed by atoms with E-state index in [1.807, 2.05) is 44.2 Å². The van der Waals surface area contributed by atoms with Crippen molar-refractivity contribution in [1.29, 1.82) is 0 Å². The van der Waals surface area contributed by atoms with Gasteiger partial charge in [0.2, 0.25) is 0 Å². The molecule has 0 saturated heterocycles. The van der Waals surface area contributed by atoms with Crippen molar-refractivity contribution in [2.24, 2.45) is 5.92 Å². The molecule has 158 valence electrons. The van der Waals surface area contributed by atoms with E-state index in [-0.39, 0.29) is 24.1 Å². The number of amides is 1. The van der Waals surface area contributed by atoms with Crippen molar-refractivity contribution in [3.05, 3.63) is 75.3 Å². The highest BCUT2D eigenvalue weighted by Gasteiger charge is 2.23. The molecule has 3 N–H and O–H groups in total. The number of halogens is 1. The zero-order valence-corrected chi connectivity index (χ0v) is 17.7. The summed E-state index contributed by atoms with van der Waals surface area (Å²) in [6.07, 6.45) is -1.07. The third-order valence-corrected chi connectivity index (χ3v) is 5.08. The van der Waals surface area contributed by atoms with Crippen molar-refractivity contribution in [2.45, 2.75) is 26.4 Å². The van der Waals surface area contributed by atoms with Crippen LogP contribution in [0.5, 0.6) is 0 Å². The summed E-state index contributed by atoms with van der Waals surface area (Å²) in [5.74, 6) is 0.712. The number of nitrogens with zero attached hydrogens (tertiary/aromatic N) is 2. The van der Waals surface area contributed by atoms with E-state index in [1.54, 1.807) is 22.8 Å². The molecule has 0 aliphatic rings. The van der Waals surface area contributed by atoms with Gasteiger partial charge in [0.25, 0.3) is 5.56 Å². The highest BCUT2D eigenvalue weighted by atomic mass is 35.5. The predicted molar refractivity (Wildman–Crippen MR) is 118 cm³/mol. The van der Waals surface area contributed by atoms with Gasteiger partial charge in [0.1, 0.15) is 5.82 Å². The second-order valence-electron chi connectivity index (χ2n) is 7.42. The Balaban J connectivity index is 2.07. The Morgan fingerprint density at radius 1 is 1.17 bits per heavy atom. The van der Waals surface area contributed by atoms with Gasteiger partial charge >= 0.3 is 6.09 Å². The fourth-order valence-corrected chi connectivity index (χ4v) is 3.56. The van der Waals surface area contributed by atoms with E-state index in [2.05, 4.69) is 10.6 Å². The molecule has 7 nitrogen and oxygen atoms in total. The predicted octanol–water partition coefficient (Wildman–Crippen LogP) is 3.65. The number of rotatable bonds is 8. The van der Waals surface area contributed by atoms with Crippen molar-refractivity contribution in [2.75, 3.05) is 13.1 Å². The number of benzene rings is 2. The Bertz CT molecular complexity index is 1080. The zero-order valence-electron chi connectivity index (χ0n) is 16.9. The number of nitrogens with one attached hydrogen (secondary N) is 2. The molecule has 1 atom stereocenters. The Kier molecular flexibility index (Phi) is 7.07. The van der Waals surface area contributed by atoms with Crippen LogP contribution in [-0.4, -0.2) is 33.8 Å². The van der Waals surface area contributed by atoms with Gasteiger partial charge in [-0.15, -0.1) is 0 Å². The van der Waals surface area contributed by atoms with Crippen LogP contribution in [0.4, 0.5) is 4.79 Å². The maximum Gasteiger partial charge on any atom is 0.404 e. The average molecular weight is 429 g/mol. The van der Waals surface area contributed by atoms with Crippen molar-refractivity contribution in [1.82, 2.24) is 20.2 Å². The molecule has 0 spiro atoms. The lowest BCUT2D eigenvalue weighted by molar-refractivity contribution is 0.194.